The monoisotopic (exact) mass is 306 g/mol. The minimum Gasteiger partial charge on any atom is -0.481 e. The molecule has 3 aliphatic heterocycles. The number of hydrogen-bond donors (Lipinski definition) is 6. The number of nitrogens with two attached hydrogens (primary N) is 2. The number of aliphatic carboxylic acids is 2. The fourth-order valence-corrected chi connectivity index (χ4v) is 3.01. The second-order valence-corrected chi connectivity index (χ2v) is 5.28. The number of nitrogens with zero attached hydrogens (tertiary/aromatic N) is 2. The smallest absolute Gasteiger partial charge is 0.341 e. The van der Waals surface area contributed by atoms with Crippen molar-refractivity contribution in [3.05, 3.63) is 22.5 Å². The molecule has 0 aromatic heterocycles. The van der Waals surface area contributed by atoms with Gasteiger partial charge in [0.25, 0.3) is 0 Å². The Morgan fingerprint density at radius 1 is 1.41 bits per heavy atom. The van der Waals surface area contributed by atoms with Gasteiger partial charge in [0.1, 0.15) is 23.0 Å². The number of dihydropyridines is 1. The van der Waals surface area contributed by atoms with Crippen LogP contribution in [0.15, 0.2) is 32.5 Å². The molecule has 10 heteroatoms. The van der Waals surface area contributed by atoms with E-state index in [9.17, 15) is 19.8 Å². The molecule has 116 valence electrons. The molecule has 0 bridgehead atoms. The summed E-state index contributed by atoms with van der Waals surface area (Å²) in [7, 11) is 0. The highest BCUT2D eigenvalue weighted by atomic mass is 16.4. The molecule has 0 fully saturated rings. The van der Waals surface area contributed by atoms with Crippen molar-refractivity contribution in [2.24, 2.45) is 27.4 Å². The van der Waals surface area contributed by atoms with Gasteiger partial charge in [-0.05, 0) is 6.92 Å². The number of amidine groups is 1. The molecule has 0 saturated carbocycles. The van der Waals surface area contributed by atoms with Gasteiger partial charge < -0.3 is 27.0 Å². The van der Waals surface area contributed by atoms with Gasteiger partial charge in [0, 0.05) is 11.3 Å². The van der Waals surface area contributed by atoms with E-state index < -0.39 is 29.7 Å². The summed E-state index contributed by atoms with van der Waals surface area (Å²) in [5.74, 6) is -3.72. The van der Waals surface area contributed by atoms with Gasteiger partial charge in [-0.15, -0.1) is 0 Å². The van der Waals surface area contributed by atoms with Gasteiger partial charge in [-0.25, -0.2) is 14.8 Å². The van der Waals surface area contributed by atoms with Crippen molar-refractivity contribution in [3.8, 4) is 0 Å². The fraction of sp³-hybridized carbons (Fsp3) is 0.333. The Morgan fingerprint density at radius 2 is 2.09 bits per heavy atom. The Kier molecular flexibility index (Phi) is 2.84. The summed E-state index contributed by atoms with van der Waals surface area (Å²) in [4.78, 5) is 31.1. The lowest BCUT2D eigenvalue weighted by Crippen LogP contribution is -2.64. The number of hydrogen-bond acceptors (Lipinski definition) is 8. The van der Waals surface area contributed by atoms with Crippen LogP contribution in [0, 0.1) is 5.92 Å². The molecule has 0 amide bonds. The lowest BCUT2D eigenvalue weighted by atomic mass is 9.80. The summed E-state index contributed by atoms with van der Waals surface area (Å²) < 4.78 is 0. The van der Waals surface area contributed by atoms with Gasteiger partial charge in [0.2, 0.25) is 0 Å². The molecular weight excluding hydrogens is 292 g/mol. The van der Waals surface area contributed by atoms with Crippen molar-refractivity contribution < 1.29 is 19.8 Å². The Hall–Kier alpha value is -2.72. The van der Waals surface area contributed by atoms with Crippen molar-refractivity contribution in [2.75, 3.05) is 0 Å². The van der Waals surface area contributed by atoms with Crippen LogP contribution in [0.4, 0.5) is 0 Å². The highest BCUT2D eigenvalue weighted by molar-refractivity contribution is 6.20. The number of carbonyl (C=O) groups is 2. The molecule has 0 aromatic carbocycles. The average Bonchev–Trinajstić information content (AvgIpc) is 2.35. The van der Waals surface area contributed by atoms with Crippen molar-refractivity contribution >= 4 is 24.1 Å². The highest BCUT2D eigenvalue weighted by Crippen LogP contribution is 2.41. The van der Waals surface area contributed by atoms with Gasteiger partial charge in [-0.3, -0.25) is 10.1 Å². The van der Waals surface area contributed by atoms with Gasteiger partial charge in [0.15, 0.2) is 0 Å². The summed E-state index contributed by atoms with van der Waals surface area (Å²) in [6.45, 7) is 1.63. The first-order valence-corrected chi connectivity index (χ1v) is 6.39. The third-order valence-corrected chi connectivity index (χ3v) is 3.84. The summed E-state index contributed by atoms with van der Waals surface area (Å²) in [6, 6.07) is 0. The zero-order chi connectivity index (χ0) is 16.2. The average molecular weight is 306 g/mol. The largest absolute Gasteiger partial charge is 0.481 e. The molecule has 0 spiro atoms. The van der Waals surface area contributed by atoms with E-state index in [-0.39, 0.29) is 22.8 Å². The van der Waals surface area contributed by atoms with Crippen LogP contribution in [-0.2, 0) is 9.59 Å². The van der Waals surface area contributed by atoms with E-state index in [1.165, 1.54) is 6.34 Å². The van der Waals surface area contributed by atoms with Crippen LogP contribution in [-0.4, -0.2) is 46.2 Å². The molecule has 0 radical (unpaired) electrons. The lowest BCUT2D eigenvalue weighted by molar-refractivity contribution is -0.141. The first kappa shape index (κ1) is 14.2. The minimum absolute atomic E-state index is 0.0851. The zero-order valence-electron chi connectivity index (χ0n) is 11.5. The summed E-state index contributed by atoms with van der Waals surface area (Å²) in [5, 5.41) is 24.4. The number of rotatable bonds is 2. The molecule has 22 heavy (non-hydrogen) atoms. The van der Waals surface area contributed by atoms with Crippen molar-refractivity contribution in [2.45, 2.75) is 18.8 Å². The van der Waals surface area contributed by atoms with Crippen molar-refractivity contribution in [1.29, 1.82) is 0 Å². The predicted octanol–water partition coefficient (Wildman–Crippen LogP) is -2.11. The van der Waals surface area contributed by atoms with Crippen molar-refractivity contribution in [1.82, 2.24) is 10.6 Å². The Morgan fingerprint density at radius 3 is 2.68 bits per heavy atom. The van der Waals surface area contributed by atoms with Gasteiger partial charge >= 0.3 is 11.9 Å². The maximum atomic E-state index is 11.5. The van der Waals surface area contributed by atoms with Crippen LogP contribution >= 0.6 is 0 Å². The van der Waals surface area contributed by atoms with Crippen LogP contribution in [0.25, 0.3) is 0 Å². The van der Waals surface area contributed by atoms with E-state index >= 15 is 0 Å². The first-order chi connectivity index (χ1) is 10.3. The molecule has 0 saturated heterocycles. The van der Waals surface area contributed by atoms with Gasteiger partial charge in [-0.2, -0.15) is 0 Å². The summed E-state index contributed by atoms with van der Waals surface area (Å²) in [5.41, 5.74) is 10.9. The molecule has 8 N–H and O–H groups in total. The van der Waals surface area contributed by atoms with Gasteiger partial charge in [-0.1, -0.05) is 0 Å². The summed E-state index contributed by atoms with van der Waals surface area (Å²) in [6.07, 6.45) is 0.300. The molecule has 3 heterocycles. The number of carboxylic acids is 2. The molecule has 0 aromatic rings. The topological polar surface area (TPSA) is 175 Å². The Labute approximate surface area is 124 Å². The molecular formula is C12H14N6O4. The molecule has 3 aliphatic rings. The highest BCUT2D eigenvalue weighted by Gasteiger charge is 2.50. The van der Waals surface area contributed by atoms with E-state index in [1.54, 1.807) is 6.92 Å². The Bertz CT molecular complexity index is 721. The second kappa shape index (κ2) is 4.39. The quantitative estimate of drug-likeness (QED) is 0.335. The molecule has 3 unspecified atom stereocenters. The molecule has 3 atom stereocenters. The van der Waals surface area contributed by atoms with E-state index in [1.807, 2.05) is 0 Å². The SMILES string of the molecule is CC12N=C(N)C(C(=O)O)=C3N=CNC(=C31)C(C(=O)O)C(N)N2. The number of carboxylic acid groups (broad SMARTS) is 2. The first-order valence-electron chi connectivity index (χ1n) is 6.39. The van der Waals surface area contributed by atoms with E-state index in [0.29, 0.717) is 5.57 Å². The molecule has 3 rings (SSSR count). The van der Waals surface area contributed by atoms with Crippen molar-refractivity contribution in [3.63, 3.8) is 0 Å². The van der Waals surface area contributed by atoms with Crippen LogP contribution in [0.2, 0.25) is 0 Å². The lowest BCUT2D eigenvalue weighted by Gasteiger charge is -2.45. The third kappa shape index (κ3) is 1.74. The summed E-state index contributed by atoms with van der Waals surface area (Å²) >= 11 is 0. The second-order valence-electron chi connectivity index (χ2n) is 5.28. The molecule has 0 aliphatic carbocycles. The zero-order valence-corrected chi connectivity index (χ0v) is 11.5. The maximum Gasteiger partial charge on any atom is 0.341 e. The normalized spacial score (nSPS) is 33.1. The Balaban J connectivity index is 2.32. The number of nitrogens with one attached hydrogen (secondary N) is 2. The minimum atomic E-state index is -1.29. The molecule has 10 nitrogen and oxygen atoms in total. The van der Waals surface area contributed by atoms with E-state index in [4.69, 9.17) is 11.5 Å². The van der Waals surface area contributed by atoms with Crippen LogP contribution in [0.5, 0.6) is 0 Å². The third-order valence-electron chi connectivity index (χ3n) is 3.84. The number of aliphatic imine (C=N–C) groups is 2. The van der Waals surface area contributed by atoms with Crippen LogP contribution in [0.3, 0.4) is 0 Å². The van der Waals surface area contributed by atoms with E-state index in [2.05, 4.69) is 20.6 Å². The maximum absolute atomic E-state index is 11.5. The van der Waals surface area contributed by atoms with Gasteiger partial charge in [0.05, 0.1) is 18.2 Å². The van der Waals surface area contributed by atoms with Crippen LogP contribution in [0.1, 0.15) is 6.92 Å². The fourth-order valence-electron chi connectivity index (χ4n) is 3.01. The predicted molar refractivity (Wildman–Crippen MR) is 75.6 cm³/mol. The van der Waals surface area contributed by atoms with Crippen LogP contribution < -0.4 is 22.1 Å². The van der Waals surface area contributed by atoms with E-state index in [0.717, 1.165) is 0 Å². The standard InChI is InChI=1S/C12H14N6O4/c1-12-5-6(3(10(19)20)8(13)17-12)15-2-16-7(5)4(11(21)22)9(14)18-12/h2-3,8,17H,13H2,1H3,(H2,14,18)(H,15,16)(H,19,20)(H,21,22).